The molecule has 3 N–H and O–H groups in total. The molecule has 6 heteroatoms. The van der Waals surface area contributed by atoms with Crippen LogP contribution in [-0.2, 0) is 14.4 Å². The quantitative estimate of drug-likeness (QED) is 0.850. The number of rotatable bonds is 5. The van der Waals surface area contributed by atoms with Crippen LogP contribution in [0.2, 0.25) is 0 Å². The number of hydrogen-bond acceptors (Lipinski definition) is 5. The fourth-order valence-corrected chi connectivity index (χ4v) is 3.78. The summed E-state index contributed by atoms with van der Waals surface area (Å²) in [5.41, 5.74) is 7.92. The average Bonchev–Trinajstić information content (AvgIpc) is 3.22. The number of nitrogens with two attached hydrogens (primary N) is 1. The second-order valence-electron chi connectivity index (χ2n) is 7.17. The molecule has 0 aliphatic carbocycles. The van der Waals surface area contributed by atoms with Crippen LogP contribution in [0.25, 0.3) is 10.8 Å². The second-order valence-corrected chi connectivity index (χ2v) is 7.17. The van der Waals surface area contributed by atoms with Crippen LogP contribution in [0, 0.1) is 5.92 Å². The lowest BCUT2D eigenvalue weighted by Gasteiger charge is -2.21. The summed E-state index contributed by atoms with van der Waals surface area (Å²) in [6.45, 7) is 1.82. The van der Waals surface area contributed by atoms with E-state index >= 15 is 0 Å². The van der Waals surface area contributed by atoms with Crippen LogP contribution >= 0.6 is 0 Å². The Hall–Kier alpha value is -2.44. The Balaban J connectivity index is 1.40. The highest BCUT2D eigenvalue weighted by atomic mass is 16.6. The van der Waals surface area contributed by atoms with Gasteiger partial charge in [-0.2, -0.15) is 0 Å². The predicted octanol–water partition coefficient (Wildman–Crippen LogP) is 2.53. The maximum Gasteiger partial charge on any atom is 0.264 e. The van der Waals surface area contributed by atoms with Gasteiger partial charge in [0.15, 0.2) is 0 Å². The maximum absolute atomic E-state index is 12.7. The fraction of sp³-hybridized carbons (Fsp3) is 0.429. The number of oxime groups is 1. The van der Waals surface area contributed by atoms with Gasteiger partial charge >= 0.3 is 0 Å². The number of carbonyl (C=O) groups excluding carboxylic acids is 1. The molecule has 27 heavy (non-hydrogen) atoms. The van der Waals surface area contributed by atoms with Crippen molar-refractivity contribution >= 4 is 22.4 Å². The largest absolute Gasteiger partial charge is 0.382 e. The Morgan fingerprint density at radius 2 is 1.96 bits per heavy atom. The molecule has 2 aromatic carbocycles. The summed E-state index contributed by atoms with van der Waals surface area (Å²) in [5.74, 6) is 0.201. The number of ether oxygens (including phenoxy) is 1. The molecule has 0 saturated carbocycles. The molecule has 1 fully saturated rings. The monoisotopic (exact) mass is 367 g/mol. The zero-order chi connectivity index (χ0) is 18.6. The van der Waals surface area contributed by atoms with Crippen LogP contribution in [0.3, 0.4) is 0 Å². The maximum atomic E-state index is 12.7. The van der Waals surface area contributed by atoms with Gasteiger partial charge in [-0.05, 0) is 35.2 Å². The SMILES string of the molecule is NCC(NC(=O)C1CC(C2CCOCC2)=NO1)c1ccc2ccccc2c1. The van der Waals surface area contributed by atoms with Crippen molar-refractivity contribution in [2.45, 2.75) is 31.4 Å². The number of amides is 1. The fourth-order valence-electron chi connectivity index (χ4n) is 3.78. The Labute approximate surface area is 158 Å². The normalized spacial score (nSPS) is 21.5. The molecule has 2 heterocycles. The topological polar surface area (TPSA) is 85.9 Å². The van der Waals surface area contributed by atoms with Gasteiger partial charge in [-0.3, -0.25) is 4.79 Å². The summed E-state index contributed by atoms with van der Waals surface area (Å²) < 4.78 is 5.39. The molecule has 2 unspecified atom stereocenters. The molecule has 6 nitrogen and oxygen atoms in total. The van der Waals surface area contributed by atoms with Gasteiger partial charge in [0.05, 0.1) is 11.8 Å². The van der Waals surface area contributed by atoms with E-state index in [1.165, 1.54) is 0 Å². The van der Waals surface area contributed by atoms with Crippen LogP contribution in [0.1, 0.15) is 30.9 Å². The van der Waals surface area contributed by atoms with E-state index in [1.54, 1.807) is 0 Å². The van der Waals surface area contributed by atoms with Gasteiger partial charge in [0, 0.05) is 32.1 Å². The van der Waals surface area contributed by atoms with E-state index in [9.17, 15) is 4.79 Å². The Morgan fingerprint density at radius 3 is 2.74 bits per heavy atom. The van der Waals surface area contributed by atoms with Crippen LogP contribution in [0.5, 0.6) is 0 Å². The summed E-state index contributed by atoms with van der Waals surface area (Å²) in [6.07, 6.45) is 1.86. The molecule has 0 radical (unpaired) electrons. The first-order valence-corrected chi connectivity index (χ1v) is 9.54. The van der Waals surface area contributed by atoms with Crippen LogP contribution < -0.4 is 11.1 Å². The zero-order valence-corrected chi connectivity index (χ0v) is 15.3. The lowest BCUT2D eigenvalue weighted by atomic mass is 9.91. The van der Waals surface area contributed by atoms with Gasteiger partial charge in [0.1, 0.15) is 0 Å². The molecular weight excluding hydrogens is 342 g/mol. The molecule has 4 rings (SSSR count). The highest BCUT2D eigenvalue weighted by Gasteiger charge is 2.33. The predicted molar refractivity (Wildman–Crippen MR) is 104 cm³/mol. The average molecular weight is 367 g/mol. The van der Waals surface area contributed by atoms with E-state index in [1.807, 2.05) is 18.2 Å². The third kappa shape index (κ3) is 3.96. The zero-order valence-electron chi connectivity index (χ0n) is 15.3. The van der Waals surface area contributed by atoms with Crippen LogP contribution in [-0.4, -0.2) is 37.5 Å². The van der Waals surface area contributed by atoms with Gasteiger partial charge in [0.2, 0.25) is 6.10 Å². The number of carbonyl (C=O) groups is 1. The van der Waals surface area contributed by atoms with Crippen molar-refractivity contribution in [2.75, 3.05) is 19.8 Å². The van der Waals surface area contributed by atoms with Gasteiger partial charge in [0.25, 0.3) is 5.91 Å². The molecular formula is C21H25N3O3. The first-order valence-electron chi connectivity index (χ1n) is 9.54. The molecule has 2 aromatic rings. The molecule has 1 amide bonds. The smallest absolute Gasteiger partial charge is 0.264 e. The molecule has 0 aromatic heterocycles. The molecule has 1 saturated heterocycles. The molecule has 2 atom stereocenters. The molecule has 142 valence electrons. The van der Waals surface area contributed by atoms with Crippen molar-refractivity contribution < 1.29 is 14.4 Å². The van der Waals surface area contributed by atoms with Crippen molar-refractivity contribution in [3.05, 3.63) is 48.0 Å². The summed E-state index contributed by atoms with van der Waals surface area (Å²) in [7, 11) is 0. The Bertz CT molecular complexity index is 845. The van der Waals surface area contributed by atoms with Crippen molar-refractivity contribution in [3.8, 4) is 0 Å². The van der Waals surface area contributed by atoms with Gasteiger partial charge in [-0.25, -0.2) is 0 Å². The minimum Gasteiger partial charge on any atom is -0.382 e. The Morgan fingerprint density at radius 1 is 1.19 bits per heavy atom. The first-order chi connectivity index (χ1) is 13.2. The minimum absolute atomic E-state index is 0.163. The van der Waals surface area contributed by atoms with Crippen LogP contribution in [0.4, 0.5) is 0 Å². The summed E-state index contributed by atoms with van der Waals surface area (Å²) in [4.78, 5) is 18.1. The molecule has 0 bridgehead atoms. The third-order valence-electron chi connectivity index (χ3n) is 5.40. The van der Waals surface area contributed by atoms with E-state index in [2.05, 4.69) is 34.7 Å². The minimum atomic E-state index is -0.572. The van der Waals surface area contributed by atoms with E-state index < -0.39 is 6.10 Å². The van der Waals surface area contributed by atoms with Gasteiger partial charge in [-0.1, -0.05) is 41.6 Å². The van der Waals surface area contributed by atoms with E-state index in [0.717, 1.165) is 48.1 Å². The molecule has 0 spiro atoms. The number of nitrogens with zero attached hydrogens (tertiary/aromatic N) is 1. The lowest BCUT2D eigenvalue weighted by molar-refractivity contribution is -0.131. The van der Waals surface area contributed by atoms with Crippen molar-refractivity contribution in [1.29, 1.82) is 0 Å². The van der Waals surface area contributed by atoms with E-state index in [0.29, 0.717) is 18.9 Å². The first kappa shape index (κ1) is 17.9. The van der Waals surface area contributed by atoms with E-state index in [-0.39, 0.29) is 11.9 Å². The van der Waals surface area contributed by atoms with E-state index in [4.69, 9.17) is 15.3 Å². The number of benzene rings is 2. The summed E-state index contributed by atoms with van der Waals surface area (Å²) >= 11 is 0. The molecule has 2 aliphatic heterocycles. The molecule has 2 aliphatic rings. The number of nitrogens with one attached hydrogen (secondary N) is 1. The summed E-state index contributed by atoms with van der Waals surface area (Å²) in [6, 6.07) is 14.0. The van der Waals surface area contributed by atoms with Crippen molar-refractivity contribution in [3.63, 3.8) is 0 Å². The van der Waals surface area contributed by atoms with Crippen molar-refractivity contribution in [1.82, 2.24) is 5.32 Å². The standard InChI is InChI=1S/C21H25N3O3/c22-13-19(17-6-5-14-3-1-2-4-16(14)11-17)23-21(25)20-12-18(24-27-20)15-7-9-26-10-8-15/h1-6,11,15,19-20H,7-10,12-13,22H2,(H,23,25). The highest BCUT2D eigenvalue weighted by Crippen LogP contribution is 2.25. The van der Waals surface area contributed by atoms with Crippen LogP contribution in [0.15, 0.2) is 47.6 Å². The number of hydrogen-bond donors (Lipinski definition) is 2. The Kier molecular flexibility index (Phi) is 5.36. The number of fused-ring (bicyclic) bond motifs is 1. The third-order valence-corrected chi connectivity index (χ3v) is 5.40. The van der Waals surface area contributed by atoms with Crippen molar-refractivity contribution in [2.24, 2.45) is 16.8 Å². The second kappa shape index (κ2) is 8.06. The summed E-state index contributed by atoms with van der Waals surface area (Å²) in [5, 5.41) is 9.50. The lowest BCUT2D eigenvalue weighted by Crippen LogP contribution is -2.40. The van der Waals surface area contributed by atoms with Gasteiger partial charge in [-0.15, -0.1) is 0 Å². The van der Waals surface area contributed by atoms with Gasteiger partial charge < -0.3 is 20.6 Å². The highest BCUT2D eigenvalue weighted by molar-refractivity contribution is 5.94.